The minimum absolute atomic E-state index is 0.200. The van der Waals surface area contributed by atoms with Gasteiger partial charge in [-0.15, -0.1) is 11.3 Å². The Labute approximate surface area is 160 Å². The summed E-state index contributed by atoms with van der Waals surface area (Å²) in [4.78, 5) is 37.0. The fourth-order valence-corrected chi connectivity index (χ4v) is 3.05. The predicted molar refractivity (Wildman–Crippen MR) is 106 cm³/mol. The van der Waals surface area contributed by atoms with E-state index in [1.165, 1.54) is 11.3 Å². The first-order valence-electron chi connectivity index (χ1n) is 8.16. The zero-order valence-corrected chi connectivity index (χ0v) is 15.3. The molecule has 0 radical (unpaired) electrons. The third-order valence-corrected chi connectivity index (χ3v) is 4.67. The van der Waals surface area contributed by atoms with E-state index in [1.807, 2.05) is 5.38 Å². The van der Waals surface area contributed by atoms with Crippen molar-refractivity contribution in [2.75, 3.05) is 17.7 Å². The smallest absolute Gasteiger partial charge is 0.265 e. The van der Waals surface area contributed by atoms with E-state index in [0.717, 1.165) is 0 Å². The standard InChI is InChI=1S/C20H17N3O3S/c1-21-18(24)13-8-10-14(11-9-13)22-19(25)15-5-2-3-6-16(15)23-20(26)17-7-4-12-27-17/h2-12H,1H3,(H,21,24)(H,22,25)(H,23,26). The van der Waals surface area contributed by atoms with Gasteiger partial charge in [0, 0.05) is 18.3 Å². The Hall–Kier alpha value is -3.45. The van der Waals surface area contributed by atoms with Crippen molar-refractivity contribution in [3.8, 4) is 0 Å². The van der Waals surface area contributed by atoms with Crippen molar-refractivity contribution in [1.29, 1.82) is 0 Å². The number of benzene rings is 2. The summed E-state index contributed by atoms with van der Waals surface area (Å²) in [5.74, 6) is -0.820. The number of thiophene rings is 1. The maximum absolute atomic E-state index is 12.6. The van der Waals surface area contributed by atoms with Crippen LogP contribution in [0.5, 0.6) is 0 Å². The Morgan fingerprint density at radius 1 is 0.778 bits per heavy atom. The highest BCUT2D eigenvalue weighted by Crippen LogP contribution is 2.20. The van der Waals surface area contributed by atoms with E-state index in [0.29, 0.717) is 27.4 Å². The summed E-state index contributed by atoms with van der Waals surface area (Å²) < 4.78 is 0. The van der Waals surface area contributed by atoms with Crippen molar-refractivity contribution >= 4 is 40.4 Å². The zero-order chi connectivity index (χ0) is 19.2. The molecular formula is C20H17N3O3S. The number of hydrogen-bond donors (Lipinski definition) is 3. The molecule has 0 aliphatic heterocycles. The normalized spacial score (nSPS) is 10.1. The molecule has 0 aliphatic carbocycles. The van der Waals surface area contributed by atoms with Crippen molar-refractivity contribution in [2.45, 2.75) is 0 Å². The van der Waals surface area contributed by atoms with Crippen molar-refractivity contribution < 1.29 is 14.4 Å². The SMILES string of the molecule is CNC(=O)c1ccc(NC(=O)c2ccccc2NC(=O)c2cccs2)cc1. The number of rotatable bonds is 5. The van der Waals surface area contributed by atoms with Gasteiger partial charge < -0.3 is 16.0 Å². The van der Waals surface area contributed by atoms with Crippen molar-refractivity contribution in [1.82, 2.24) is 5.32 Å². The summed E-state index contributed by atoms with van der Waals surface area (Å²) in [6.45, 7) is 0. The average Bonchev–Trinajstić information content (AvgIpc) is 3.23. The number of para-hydroxylation sites is 1. The monoisotopic (exact) mass is 379 g/mol. The van der Waals surface area contributed by atoms with Gasteiger partial charge in [-0.2, -0.15) is 0 Å². The summed E-state index contributed by atoms with van der Waals surface area (Å²) in [5.41, 5.74) is 1.82. The lowest BCUT2D eigenvalue weighted by atomic mass is 10.1. The molecule has 6 nitrogen and oxygen atoms in total. The Kier molecular flexibility index (Phi) is 5.63. The Balaban J connectivity index is 1.75. The molecule has 0 atom stereocenters. The van der Waals surface area contributed by atoms with Crippen LogP contribution in [0.1, 0.15) is 30.4 Å². The molecule has 0 unspecified atom stereocenters. The van der Waals surface area contributed by atoms with Crippen LogP contribution in [0.15, 0.2) is 66.0 Å². The molecule has 2 aromatic carbocycles. The first-order chi connectivity index (χ1) is 13.1. The van der Waals surface area contributed by atoms with E-state index >= 15 is 0 Å². The fraction of sp³-hybridized carbons (Fsp3) is 0.0500. The third-order valence-electron chi connectivity index (χ3n) is 3.80. The highest BCUT2D eigenvalue weighted by atomic mass is 32.1. The summed E-state index contributed by atoms with van der Waals surface area (Å²) in [6.07, 6.45) is 0. The van der Waals surface area contributed by atoms with E-state index in [1.54, 1.807) is 67.7 Å². The highest BCUT2D eigenvalue weighted by Gasteiger charge is 2.15. The van der Waals surface area contributed by atoms with E-state index in [2.05, 4.69) is 16.0 Å². The molecule has 1 heterocycles. The lowest BCUT2D eigenvalue weighted by Gasteiger charge is -2.11. The third kappa shape index (κ3) is 4.39. The molecule has 0 saturated heterocycles. The molecule has 136 valence electrons. The van der Waals surface area contributed by atoms with E-state index in [9.17, 15) is 14.4 Å². The van der Waals surface area contributed by atoms with Crippen molar-refractivity contribution in [2.24, 2.45) is 0 Å². The van der Waals surface area contributed by atoms with Gasteiger partial charge in [0.2, 0.25) is 0 Å². The summed E-state index contributed by atoms with van der Waals surface area (Å²) >= 11 is 1.33. The second kappa shape index (κ2) is 8.29. The molecular weight excluding hydrogens is 362 g/mol. The minimum atomic E-state index is -0.357. The molecule has 0 bridgehead atoms. The van der Waals surface area contributed by atoms with Crippen molar-refractivity contribution in [3.63, 3.8) is 0 Å². The van der Waals surface area contributed by atoms with E-state index in [4.69, 9.17) is 0 Å². The molecule has 0 spiro atoms. The fourth-order valence-electron chi connectivity index (χ4n) is 2.43. The first kappa shape index (κ1) is 18.3. The Morgan fingerprint density at radius 3 is 2.19 bits per heavy atom. The van der Waals surface area contributed by atoms with Gasteiger partial charge in [-0.1, -0.05) is 18.2 Å². The molecule has 3 rings (SSSR count). The van der Waals surface area contributed by atoms with Gasteiger partial charge in [0.25, 0.3) is 17.7 Å². The summed E-state index contributed by atoms with van der Waals surface area (Å²) in [6, 6.07) is 16.8. The van der Waals surface area contributed by atoms with E-state index < -0.39 is 0 Å². The number of carbonyl (C=O) groups is 3. The number of amides is 3. The number of anilines is 2. The molecule has 3 N–H and O–H groups in total. The quantitative estimate of drug-likeness (QED) is 0.633. The predicted octanol–water partition coefficient (Wildman–Crippen LogP) is 3.61. The van der Waals surface area contributed by atoms with Gasteiger partial charge in [-0.25, -0.2) is 0 Å². The molecule has 0 saturated carbocycles. The lowest BCUT2D eigenvalue weighted by Crippen LogP contribution is -2.19. The summed E-state index contributed by atoms with van der Waals surface area (Å²) in [5, 5.41) is 9.89. The molecule has 3 aromatic rings. The van der Waals surface area contributed by atoms with Gasteiger partial charge in [0.1, 0.15) is 0 Å². The zero-order valence-electron chi connectivity index (χ0n) is 14.5. The molecule has 27 heavy (non-hydrogen) atoms. The Morgan fingerprint density at radius 2 is 1.52 bits per heavy atom. The van der Waals surface area contributed by atoms with E-state index in [-0.39, 0.29) is 17.7 Å². The minimum Gasteiger partial charge on any atom is -0.355 e. The molecule has 0 fully saturated rings. The van der Waals surface area contributed by atoms with Crippen LogP contribution in [0.4, 0.5) is 11.4 Å². The number of hydrogen-bond acceptors (Lipinski definition) is 4. The number of nitrogens with one attached hydrogen (secondary N) is 3. The van der Waals surface area contributed by atoms with Gasteiger partial charge >= 0.3 is 0 Å². The molecule has 1 aromatic heterocycles. The van der Waals surface area contributed by atoms with Crippen LogP contribution >= 0.6 is 11.3 Å². The van der Waals surface area contributed by atoms with Gasteiger partial charge in [0.05, 0.1) is 16.1 Å². The topological polar surface area (TPSA) is 87.3 Å². The number of carbonyl (C=O) groups excluding carboxylic acids is 3. The molecule has 3 amide bonds. The van der Waals surface area contributed by atoms with Crippen LogP contribution in [0.3, 0.4) is 0 Å². The van der Waals surface area contributed by atoms with Crippen LogP contribution < -0.4 is 16.0 Å². The van der Waals surface area contributed by atoms with Crippen LogP contribution in [0, 0.1) is 0 Å². The maximum atomic E-state index is 12.6. The maximum Gasteiger partial charge on any atom is 0.265 e. The lowest BCUT2D eigenvalue weighted by molar-refractivity contribution is 0.0961. The molecule has 7 heteroatoms. The Bertz CT molecular complexity index is 966. The largest absolute Gasteiger partial charge is 0.355 e. The van der Waals surface area contributed by atoms with Crippen LogP contribution in [0.2, 0.25) is 0 Å². The van der Waals surface area contributed by atoms with Crippen LogP contribution in [-0.4, -0.2) is 24.8 Å². The van der Waals surface area contributed by atoms with Crippen molar-refractivity contribution in [3.05, 3.63) is 82.0 Å². The van der Waals surface area contributed by atoms with Gasteiger partial charge in [0.15, 0.2) is 0 Å². The van der Waals surface area contributed by atoms with Crippen LogP contribution in [-0.2, 0) is 0 Å². The first-order valence-corrected chi connectivity index (χ1v) is 9.04. The average molecular weight is 379 g/mol. The van der Waals surface area contributed by atoms with Gasteiger partial charge in [-0.05, 0) is 47.8 Å². The van der Waals surface area contributed by atoms with Gasteiger partial charge in [-0.3, -0.25) is 14.4 Å². The second-order valence-corrected chi connectivity index (χ2v) is 6.54. The highest BCUT2D eigenvalue weighted by molar-refractivity contribution is 7.12. The molecule has 0 aliphatic rings. The second-order valence-electron chi connectivity index (χ2n) is 5.59. The van der Waals surface area contributed by atoms with Crippen LogP contribution in [0.25, 0.3) is 0 Å². The summed E-state index contributed by atoms with van der Waals surface area (Å²) in [7, 11) is 1.55.